The van der Waals surface area contributed by atoms with Gasteiger partial charge in [0, 0.05) is 33.9 Å². The molecule has 1 atom stereocenters. The molecule has 3 heterocycles. The number of hydrogen-bond donors (Lipinski definition) is 2. The first-order valence-corrected chi connectivity index (χ1v) is 13.1. The van der Waals surface area contributed by atoms with Gasteiger partial charge in [0.15, 0.2) is 5.13 Å². The Morgan fingerprint density at radius 1 is 1.22 bits per heavy atom. The van der Waals surface area contributed by atoms with Gasteiger partial charge in [-0.2, -0.15) is 0 Å². The summed E-state index contributed by atoms with van der Waals surface area (Å²) in [5, 5.41) is 6.37. The highest BCUT2D eigenvalue weighted by Crippen LogP contribution is 2.35. The number of nitrogens with one attached hydrogen (secondary N) is 2. The van der Waals surface area contributed by atoms with Gasteiger partial charge in [-0.15, -0.1) is 34.4 Å². The number of carbonyl (C=O) groups excluding carboxylic acids is 2. The molecule has 3 aromatic rings. The van der Waals surface area contributed by atoms with Gasteiger partial charge in [-0.1, -0.05) is 12.1 Å². The number of aromatic nitrogens is 1. The normalized spacial score (nSPS) is 15.6. The monoisotopic (exact) mass is 487 g/mol. The lowest BCUT2D eigenvalue weighted by Gasteiger charge is -2.11. The van der Waals surface area contributed by atoms with Crippen molar-refractivity contribution in [3.05, 3.63) is 51.7 Å². The van der Waals surface area contributed by atoms with Gasteiger partial charge < -0.3 is 10.1 Å². The predicted octanol–water partition coefficient (Wildman–Crippen LogP) is 5.34. The van der Waals surface area contributed by atoms with Crippen LogP contribution in [0.5, 0.6) is 0 Å². The van der Waals surface area contributed by atoms with Crippen LogP contribution < -0.4 is 10.6 Å². The molecule has 4 rings (SSSR count). The van der Waals surface area contributed by atoms with Crippen molar-refractivity contribution in [2.24, 2.45) is 0 Å². The summed E-state index contributed by atoms with van der Waals surface area (Å²) in [6.07, 6.45) is 2.46. The van der Waals surface area contributed by atoms with Crippen LogP contribution in [0.1, 0.15) is 39.9 Å². The van der Waals surface area contributed by atoms with E-state index in [1.165, 1.54) is 18.3 Å². The SMILES string of the molecule is CC(=O)NCc1ccc(-c2nc(NC(=O)c3ccccc3SCC3CCCO3)sc2C)s1. The zero-order valence-corrected chi connectivity index (χ0v) is 20.4. The van der Waals surface area contributed by atoms with Crippen molar-refractivity contribution in [2.45, 2.75) is 44.2 Å². The molecule has 2 N–H and O–H groups in total. The van der Waals surface area contributed by atoms with Gasteiger partial charge >= 0.3 is 0 Å². The average molecular weight is 488 g/mol. The number of hydrogen-bond acceptors (Lipinski definition) is 7. The van der Waals surface area contributed by atoms with Gasteiger partial charge in [-0.25, -0.2) is 4.98 Å². The Morgan fingerprint density at radius 2 is 2.06 bits per heavy atom. The maximum atomic E-state index is 13.0. The van der Waals surface area contributed by atoms with Crippen molar-refractivity contribution < 1.29 is 14.3 Å². The molecule has 9 heteroatoms. The highest BCUT2D eigenvalue weighted by atomic mass is 32.2. The van der Waals surface area contributed by atoms with E-state index in [2.05, 4.69) is 15.6 Å². The third-order valence-electron chi connectivity index (χ3n) is 5.00. The van der Waals surface area contributed by atoms with Crippen LogP contribution in [0.4, 0.5) is 5.13 Å². The number of thiophene rings is 1. The van der Waals surface area contributed by atoms with Crippen LogP contribution >= 0.6 is 34.4 Å². The van der Waals surface area contributed by atoms with Crippen LogP contribution in [0.15, 0.2) is 41.3 Å². The largest absolute Gasteiger partial charge is 0.377 e. The maximum absolute atomic E-state index is 13.0. The topological polar surface area (TPSA) is 80.3 Å². The van der Waals surface area contributed by atoms with Crippen LogP contribution in [0, 0.1) is 6.92 Å². The summed E-state index contributed by atoms with van der Waals surface area (Å²) in [6.45, 7) is 4.85. The fraction of sp³-hybridized carbons (Fsp3) is 0.348. The Labute approximate surface area is 199 Å². The second-order valence-electron chi connectivity index (χ2n) is 7.50. The molecule has 1 aromatic carbocycles. The van der Waals surface area contributed by atoms with Crippen molar-refractivity contribution in [2.75, 3.05) is 17.7 Å². The van der Waals surface area contributed by atoms with E-state index < -0.39 is 0 Å². The second-order valence-corrected chi connectivity index (χ2v) is 10.9. The minimum Gasteiger partial charge on any atom is -0.377 e. The van der Waals surface area contributed by atoms with Gasteiger partial charge in [0.2, 0.25) is 5.91 Å². The van der Waals surface area contributed by atoms with E-state index in [0.717, 1.165) is 50.4 Å². The van der Waals surface area contributed by atoms with Crippen LogP contribution in [-0.2, 0) is 16.1 Å². The molecule has 0 radical (unpaired) electrons. The van der Waals surface area contributed by atoms with E-state index in [4.69, 9.17) is 4.74 Å². The lowest BCUT2D eigenvalue weighted by Crippen LogP contribution is -2.17. The van der Waals surface area contributed by atoms with Crippen molar-refractivity contribution in [1.82, 2.24) is 10.3 Å². The molecule has 2 aromatic heterocycles. The van der Waals surface area contributed by atoms with Gasteiger partial charge in [0.05, 0.1) is 28.8 Å². The van der Waals surface area contributed by atoms with Crippen LogP contribution in [0.2, 0.25) is 0 Å². The Kier molecular flexibility index (Phi) is 7.62. The Morgan fingerprint density at radius 3 is 2.84 bits per heavy atom. The molecule has 0 bridgehead atoms. The number of benzene rings is 1. The zero-order valence-electron chi connectivity index (χ0n) is 18.0. The van der Waals surface area contributed by atoms with Crippen LogP contribution in [0.25, 0.3) is 10.6 Å². The number of anilines is 1. The molecule has 0 saturated carbocycles. The first-order valence-electron chi connectivity index (χ1n) is 10.5. The number of aryl methyl sites for hydroxylation is 1. The molecule has 2 amide bonds. The number of carbonyl (C=O) groups is 2. The number of thioether (sulfide) groups is 1. The second kappa shape index (κ2) is 10.6. The van der Waals surface area contributed by atoms with E-state index in [1.54, 1.807) is 23.1 Å². The molecule has 168 valence electrons. The summed E-state index contributed by atoms with van der Waals surface area (Å²) in [5.41, 5.74) is 1.52. The zero-order chi connectivity index (χ0) is 22.5. The molecule has 1 aliphatic rings. The lowest BCUT2D eigenvalue weighted by molar-refractivity contribution is -0.119. The first kappa shape index (κ1) is 23.0. The van der Waals surface area contributed by atoms with Gasteiger partial charge in [-0.05, 0) is 44.0 Å². The Balaban J connectivity index is 1.44. The lowest BCUT2D eigenvalue weighted by atomic mass is 10.2. The van der Waals surface area contributed by atoms with Crippen molar-refractivity contribution in [3.8, 4) is 10.6 Å². The van der Waals surface area contributed by atoms with Crippen LogP contribution in [0.3, 0.4) is 0 Å². The number of ether oxygens (including phenoxy) is 1. The number of nitrogens with zero attached hydrogens (tertiary/aromatic N) is 1. The fourth-order valence-electron chi connectivity index (χ4n) is 3.39. The number of rotatable bonds is 8. The third kappa shape index (κ3) is 5.78. The highest BCUT2D eigenvalue weighted by Gasteiger charge is 2.19. The molecule has 6 nitrogen and oxygen atoms in total. The standard InChI is InChI=1S/C23H25N3O3S3/c1-14-21(20-10-9-17(32-20)12-24-15(2)27)25-23(31-14)26-22(28)18-7-3-4-8-19(18)30-13-16-6-5-11-29-16/h3-4,7-10,16H,5-6,11-13H2,1-2H3,(H,24,27)(H,25,26,28). The summed E-state index contributed by atoms with van der Waals surface area (Å²) in [6, 6.07) is 11.7. The van der Waals surface area contributed by atoms with Gasteiger partial charge in [-0.3, -0.25) is 14.9 Å². The molecule has 0 aliphatic carbocycles. The number of thiazole rings is 1. The molecule has 32 heavy (non-hydrogen) atoms. The molecular weight excluding hydrogens is 462 g/mol. The van der Waals surface area contributed by atoms with E-state index in [-0.39, 0.29) is 17.9 Å². The minimum absolute atomic E-state index is 0.0519. The molecular formula is C23H25N3O3S3. The maximum Gasteiger partial charge on any atom is 0.258 e. The summed E-state index contributed by atoms with van der Waals surface area (Å²) in [4.78, 5) is 32.9. The van der Waals surface area contributed by atoms with Crippen molar-refractivity contribution >= 4 is 51.4 Å². The van der Waals surface area contributed by atoms with E-state index in [9.17, 15) is 9.59 Å². The van der Waals surface area contributed by atoms with Crippen LogP contribution in [-0.4, -0.2) is 35.3 Å². The summed E-state index contributed by atoms with van der Waals surface area (Å²) in [5.74, 6) is 0.645. The van der Waals surface area contributed by atoms with E-state index in [1.807, 2.05) is 43.3 Å². The summed E-state index contributed by atoms with van der Waals surface area (Å²) >= 11 is 4.73. The Hall–Kier alpha value is -2.20. The molecule has 1 unspecified atom stereocenters. The molecule has 1 saturated heterocycles. The van der Waals surface area contributed by atoms with Crippen molar-refractivity contribution in [3.63, 3.8) is 0 Å². The summed E-state index contributed by atoms with van der Waals surface area (Å²) in [7, 11) is 0. The number of amides is 2. The molecule has 1 fully saturated rings. The summed E-state index contributed by atoms with van der Waals surface area (Å²) < 4.78 is 5.71. The van der Waals surface area contributed by atoms with E-state index >= 15 is 0 Å². The van der Waals surface area contributed by atoms with Gasteiger partial charge in [0.1, 0.15) is 0 Å². The first-order chi connectivity index (χ1) is 15.5. The Bertz CT molecular complexity index is 1100. The average Bonchev–Trinajstić information content (AvgIpc) is 3.52. The third-order valence-corrected chi connectivity index (χ3v) is 8.19. The molecule has 0 spiro atoms. The fourth-order valence-corrected chi connectivity index (χ4v) is 6.39. The highest BCUT2D eigenvalue weighted by molar-refractivity contribution is 7.99. The van der Waals surface area contributed by atoms with Crippen molar-refractivity contribution in [1.29, 1.82) is 0 Å². The predicted molar refractivity (Wildman–Crippen MR) is 132 cm³/mol. The van der Waals surface area contributed by atoms with Gasteiger partial charge in [0.25, 0.3) is 5.91 Å². The minimum atomic E-state index is -0.154. The molecule has 1 aliphatic heterocycles. The van der Waals surface area contributed by atoms with E-state index in [0.29, 0.717) is 17.2 Å². The smallest absolute Gasteiger partial charge is 0.258 e. The quantitative estimate of drug-likeness (QED) is 0.419.